The Morgan fingerprint density at radius 1 is 1.47 bits per heavy atom. The van der Waals surface area contributed by atoms with Crippen LogP contribution in [0.25, 0.3) is 0 Å². The van der Waals surface area contributed by atoms with Crippen LogP contribution in [-0.2, 0) is 9.05 Å². The Morgan fingerprint density at radius 3 is 2.71 bits per heavy atom. The standard InChI is InChI=1S/C10H17ClN2O3S/c1-9(2)13-8-10(7-12-13)16-5-3-4-6-17(11,14)15/h7-9H,3-6H2,1-2H3. The van der Waals surface area contributed by atoms with Crippen molar-refractivity contribution in [1.82, 2.24) is 9.78 Å². The van der Waals surface area contributed by atoms with Gasteiger partial charge in [-0.05, 0) is 26.7 Å². The zero-order valence-electron chi connectivity index (χ0n) is 9.97. The predicted octanol–water partition coefficient (Wildman–Crippen LogP) is 2.19. The smallest absolute Gasteiger partial charge is 0.232 e. The number of nitrogens with zero attached hydrogens (tertiary/aromatic N) is 2. The maximum Gasteiger partial charge on any atom is 0.232 e. The van der Waals surface area contributed by atoms with Gasteiger partial charge in [0.05, 0.1) is 24.8 Å². The van der Waals surface area contributed by atoms with E-state index in [-0.39, 0.29) is 5.75 Å². The molecule has 0 bridgehead atoms. The van der Waals surface area contributed by atoms with Crippen LogP contribution in [0.3, 0.4) is 0 Å². The molecular formula is C10H17ClN2O3S. The highest BCUT2D eigenvalue weighted by Gasteiger charge is 2.05. The monoisotopic (exact) mass is 280 g/mol. The molecule has 1 aromatic heterocycles. The van der Waals surface area contributed by atoms with Gasteiger partial charge in [0.2, 0.25) is 9.05 Å². The Balaban J connectivity index is 2.22. The lowest BCUT2D eigenvalue weighted by Crippen LogP contribution is -2.02. The molecule has 0 spiro atoms. The van der Waals surface area contributed by atoms with Gasteiger partial charge in [-0.15, -0.1) is 0 Å². The molecule has 5 nitrogen and oxygen atoms in total. The first-order chi connectivity index (χ1) is 7.88. The van der Waals surface area contributed by atoms with E-state index in [1.54, 1.807) is 10.9 Å². The van der Waals surface area contributed by atoms with Gasteiger partial charge in [-0.25, -0.2) is 8.42 Å². The molecule has 98 valence electrons. The molecule has 1 heterocycles. The second-order valence-electron chi connectivity index (χ2n) is 4.05. The summed E-state index contributed by atoms with van der Waals surface area (Å²) in [6, 6.07) is 0.300. The van der Waals surface area contributed by atoms with Crippen molar-refractivity contribution in [3.63, 3.8) is 0 Å². The summed E-state index contributed by atoms with van der Waals surface area (Å²) in [4.78, 5) is 0. The largest absolute Gasteiger partial charge is 0.490 e. The van der Waals surface area contributed by atoms with E-state index in [1.165, 1.54) is 0 Å². The molecule has 17 heavy (non-hydrogen) atoms. The second-order valence-corrected chi connectivity index (χ2v) is 6.94. The molecule has 0 aliphatic rings. The van der Waals surface area contributed by atoms with Gasteiger partial charge in [-0.3, -0.25) is 4.68 Å². The topological polar surface area (TPSA) is 61.2 Å². The number of rotatable bonds is 7. The first kappa shape index (κ1) is 14.3. The van der Waals surface area contributed by atoms with Gasteiger partial charge in [0.1, 0.15) is 0 Å². The number of hydrogen-bond donors (Lipinski definition) is 0. The number of hydrogen-bond acceptors (Lipinski definition) is 4. The minimum absolute atomic E-state index is 0.0107. The Labute approximate surface area is 106 Å². The summed E-state index contributed by atoms with van der Waals surface area (Å²) in [6.45, 7) is 4.53. The summed E-state index contributed by atoms with van der Waals surface area (Å²) in [5, 5.41) is 4.13. The van der Waals surface area contributed by atoms with Crippen molar-refractivity contribution in [2.24, 2.45) is 0 Å². The third-order valence-corrected chi connectivity index (χ3v) is 3.40. The fraction of sp³-hybridized carbons (Fsp3) is 0.700. The number of ether oxygens (including phenoxy) is 1. The fourth-order valence-electron chi connectivity index (χ4n) is 1.24. The third-order valence-electron chi connectivity index (χ3n) is 2.16. The van der Waals surface area contributed by atoms with Gasteiger partial charge in [0.15, 0.2) is 5.75 Å². The summed E-state index contributed by atoms with van der Waals surface area (Å²) in [5.74, 6) is 0.691. The summed E-state index contributed by atoms with van der Waals surface area (Å²) in [7, 11) is 1.71. The van der Waals surface area contributed by atoms with Crippen molar-refractivity contribution in [2.45, 2.75) is 32.7 Å². The van der Waals surface area contributed by atoms with Crippen molar-refractivity contribution in [2.75, 3.05) is 12.4 Å². The van der Waals surface area contributed by atoms with E-state index in [2.05, 4.69) is 5.10 Å². The quantitative estimate of drug-likeness (QED) is 0.567. The minimum atomic E-state index is -3.38. The number of halogens is 1. The van der Waals surface area contributed by atoms with Crippen molar-refractivity contribution >= 4 is 19.7 Å². The average Bonchev–Trinajstić information content (AvgIpc) is 2.64. The molecule has 0 aromatic carbocycles. The van der Waals surface area contributed by atoms with Crippen LogP contribution < -0.4 is 4.74 Å². The molecule has 0 unspecified atom stereocenters. The van der Waals surface area contributed by atoms with Gasteiger partial charge in [-0.1, -0.05) is 0 Å². The first-order valence-electron chi connectivity index (χ1n) is 5.48. The van der Waals surface area contributed by atoms with Crippen LogP contribution in [0.2, 0.25) is 0 Å². The molecule has 7 heteroatoms. The van der Waals surface area contributed by atoms with Gasteiger partial charge in [-0.2, -0.15) is 5.10 Å². The van der Waals surface area contributed by atoms with Crippen molar-refractivity contribution in [3.05, 3.63) is 12.4 Å². The second kappa shape index (κ2) is 6.26. The fourth-order valence-corrected chi connectivity index (χ4v) is 2.12. The molecule has 1 rings (SSSR count). The Bertz CT molecular complexity index is 442. The van der Waals surface area contributed by atoms with Crippen LogP contribution in [0.4, 0.5) is 0 Å². The lowest BCUT2D eigenvalue weighted by molar-refractivity contribution is 0.309. The summed E-state index contributed by atoms with van der Waals surface area (Å²) in [5.41, 5.74) is 0. The summed E-state index contributed by atoms with van der Waals surface area (Å²) in [6.07, 6.45) is 4.63. The summed E-state index contributed by atoms with van der Waals surface area (Å²) < 4.78 is 28.5. The third kappa shape index (κ3) is 5.93. The lowest BCUT2D eigenvalue weighted by Gasteiger charge is -2.04. The Morgan fingerprint density at radius 2 is 2.18 bits per heavy atom. The SMILES string of the molecule is CC(C)n1cc(OCCCCS(=O)(=O)Cl)cn1. The highest BCUT2D eigenvalue weighted by molar-refractivity contribution is 8.13. The van der Waals surface area contributed by atoms with Crippen LogP contribution in [0.15, 0.2) is 12.4 Å². The first-order valence-corrected chi connectivity index (χ1v) is 7.95. The molecule has 1 aromatic rings. The Hall–Kier alpha value is -0.750. The zero-order valence-corrected chi connectivity index (χ0v) is 11.5. The lowest BCUT2D eigenvalue weighted by atomic mass is 10.4. The molecule has 0 aliphatic heterocycles. The van der Waals surface area contributed by atoms with Gasteiger partial charge in [0, 0.05) is 16.7 Å². The van der Waals surface area contributed by atoms with Crippen molar-refractivity contribution < 1.29 is 13.2 Å². The average molecular weight is 281 g/mol. The van der Waals surface area contributed by atoms with Crippen LogP contribution >= 0.6 is 10.7 Å². The van der Waals surface area contributed by atoms with E-state index in [0.29, 0.717) is 31.2 Å². The van der Waals surface area contributed by atoms with E-state index in [4.69, 9.17) is 15.4 Å². The molecule has 0 aliphatic carbocycles. The molecule has 0 radical (unpaired) electrons. The Kier molecular flexibility index (Phi) is 5.27. The zero-order chi connectivity index (χ0) is 12.9. The van der Waals surface area contributed by atoms with Gasteiger partial charge in [0.25, 0.3) is 0 Å². The molecule has 0 saturated heterocycles. The van der Waals surface area contributed by atoms with Gasteiger partial charge >= 0.3 is 0 Å². The highest BCUT2D eigenvalue weighted by Crippen LogP contribution is 2.12. The van der Waals surface area contributed by atoms with E-state index < -0.39 is 9.05 Å². The van der Waals surface area contributed by atoms with E-state index >= 15 is 0 Å². The van der Waals surface area contributed by atoms with Crippen molar-refractivity contribution in [1.29, 1.82) is 0 Å². The van der Waals surface area contributed by atoms with Crippen LogP contribution in [0, 0.1) is 0 Å². The molecule has 0 saturated carbocycles. The molecular weight excluding hydrogens is 264 g/mol. The minimum Gasteiger partial charge on any atom is -0.490 e. The predicted molar refractivity (Wildman–Crippen MR) is 67.0 cm³/mol. The molecule has 0 amide bonds. The van der Waals surface area contributed by atoms with Crippen LogP contribution in [-0.4, -0.2) is 30.6 Å². The van der Waals surface area contributed by atoms with E-state index in [1.807, 2.05) is 20.0 Å². The maximum atomic E-state index is 10.7. The van der Waals surface area contributed by atoms with E-state index in [0.717, 1.165) is 0 Å². The van der Waals surface area contributed by atoms with E-state index in [9.17, 15) is 8.42 Å². The van der Waals surface area contributed by atoms with Crippen LogP contribution in [0.1, 0.15) is 32.7 Å². The van der Waals surface area contributed by atoms with Gasteiger partial charge < -0.3 is 4.74 Å². The highest BCUT2D eigenvalue weighted by atomic mass is 35.7. The number of unbranched alkanes of at least 4 members (excludes halogenated alkanes) is 1. The van der Waals surface area contributed by atoms with Crippen LogP contribution in [0.5, 0.6) is 5.75 Å². The normalized spacial score (nSPS) is 12.0. The summed E-state index contributed by atoms with van der Waals surface area (Å²) >= 11 is 0. The molecule has 0 fully saturated rings. The number of aromatic nitrogens is 2. The molecule has 0 N–H and O–H groups in total. The van der Waals surface area contributed by atoms with Crippen molar-refractivity contribution in [3.8, 4) is 5.75 Å². The molecule has 0 atom stereocenters. The maximum absolute atomic E-state index is 10.7.